The van der Waals surface area contributed by atoms with E-state index in [0.717, 1.165) is 56.4 Å². The molecule has 2 N–H and O–H groups in total. The molecule has 0 atom stereocenters. The van der Waals surface area contributed by atoms with E-state index in [-0.39, 0.29) is 11.3 Å². The van der Waals surface area contributed by atoms with E-state index >= 15 is 0 Å². The van der Waals surface area contributed by atoms with E-state index in [4.69, 9.17) is 4.74 Å². The fourth-order valence-electron chi connectivity index (χ4n) is 2.60. The lowest BCUT2D eigenvalue weighted by Crippen LogP contribution is -2.44. The number of hydrogen-bond acceptors (Lipinski definition) is 3. The Hall–Kier alpha value is -2.08. The minimum Gasteiger partial charge on any atom is -0.380 e. The fraction of sp³-hybridized carbons (Fsp3) is 0.579. The van der Waals surface area contributed by atoms with Crippen molar-refractivity contribution in [2.24, 2.45) is 10.4 Å². The molecule has 1 aliphatic rings. The molecule has 138 valence electrons. The first kappa shape index (κ1) is 19.2. The van der Waals surface area contributed by atoms with Gasteiger partial charge in [-0.05, 0) is 31.0 Å². The second-order valence-electron chi connectivity index (χ2n) is 7.08. The van der Waals surface area contributed by atoms with Crippen molar-refractivity contribution >= 4 is 11.9 Å². The number of rotatable bonds is 7. The molecule has 0 radical (unpaired) electrons. The summed E-state index contributed by atoms with van der Waals surface area (Å²) in [6.45, 7) is 8.16. The zero-order chi connectivity index (χ0) is 18.3. The van der Waals surface area contributed by atoms with Crippen LogP contribution in [0.3, 0.4) is 0 Å². The second-order valence-corrected chi connectivity index (χ2v) is 7.08. The fourth-order valence-corrected chi connectivity index (χ4v) is 2.60. The highest BCUT2D eigenvalue weighted by atomic mass is 16.5. The van der Waals surface area contributed by atoms with Crippen molar-refractivity contribution < 1.29 is 9.53 Å². The molecule has 6 nitrogen and oxygen atoms in total. The molecule has 1 amide bonds. The van der Waals surface area contributed by atoms with Crippen molar-refractivity contribution in [1.82, 2.24) is 15.5 Å². The van der Waals surface area contributed by atoms with Crippen LogP contribution in [0.25, 0.3) is 0 Å². The van der Waals surface area contributed by atoms with Crippen molar-refractivity contribution in [3.05, 3.63) is 35.4 Å². The van der Waals surface area contributed by atoms with Gasteiger partial charge in [0, 0.05) is 38.2 Å². The molecule has 1 aromatic rings. The van der Waals surface area contributed by atoms with Gasteiger partial charge in [0.25, 0.3) is 5.91 Å². The zero-order valence-electron chi connectivity index (χ0n) is 15.8. The summed E-state index contributed by atoms with van der Waals surface area (Å²) in [7, 11) is 3.53. The highest BCUT2D eigenvalue weighted by molar-refractivity contribution is 5.94. The van der Waals surface area contributed by atoms with Crippen LogP contribution in [0.15, 0.2) is 29.3 Å². The van der Waals surface area contributed by atoms with Gasteiger partial charge in [-0.15, -0.1) is 0 Å². The first-order valence-electron chi connectivity index (χ1n) is 8.84. The van der Waals surface area contributed by atoms with Crippen LogP contribution in [-0.4, -0.2) is 63.7 Å². The Kier molecular flexibility index (Phi) is 6.82. The highest BCUT2D eigenvalue weighted by Gasteiger charge is 2.33. The van der Waals surface area contributed by atoms with Crippen LogP contribution in [0.4, 0.5) is 0 Å². The average Bonchev–Trinajstić information content (AvgIpc) is 2.57. The summed E-state index contributed by atoms with van der Waals surface area (Å²) in [5.41, 5.74) is 2.03. The van der Waals surface area contributed by atoms with Gasteiger partial charge in [0.1, 0.15) is 0 Å². The van der Waals surface area contributed by atoms with E-state index in [2.05, 4.69) is 29.5 Å². The van der Waals surface area contributed by atoms with Crippen molar-refractivity contribution in [3.63, 3.8) is 0 Å². The van der Waals surface area contributed by atoms with E-state index < -0.39 is 0 Å². The van der Waals surface area contributed by atoms with Gasteiger partial charge in [0.2, 0.25) is 0 Å². The molecular weight excluding hydrogens is 316 g/mol. The Morgan fingerprint density at radius 1 is 1.32 bits per heavy atom. The Morgan fingerprint density at radius 2 is 2.08 bits per heavy atom. The molecule has 0 aromatic heterocycles. The zero-order valence-corrected chi connectivity index (χ0v) is 15.8. The summed E-state index contributed by atoms with van der Waals surface area (Å²) >= 11 is 0. The average molecular weight is 346 g/mol. The minimum atomic E-state index is 0.0284. The van der Waals surface area contributed by atoms with Crippen molar-refractivity contribution in [2.45, 2.75) is 20.3 Å². The van der Waals surface area contributed by atoms with Crippen LogP contribution in [0.5, 0.6) is 0 Å². The van der Waals surface area contributed by atoms with Gasteiger partial charge in [-0.1, -0.05) is 19.1 Å². The first-order chi connectivity index (χ1) is 11.9. The standard InChI is InChI=1S/C19H30N4O2/c1-5-20-18(22-12-19(2)13-25-14-19)21-10-9-15-7-6-8-16(11-15)17(24)23(3)4/h6-8,11H,5,9-10,12-14H2,1-4H3,(H2,20,21,22). The molecule has 1 fully saturated rings. The number of nitrogens with one attached hydrogen (secondary N) is 2. The number of carbonyl (C=O) groups excluding carboxylic acids is 1. The third-order valence-electron chi connectivity index (χ3n) is 4.15. The molecule has 25 heavy (non-hydrogen) atoms. The number of hydrogen-bond donors (Lipinski definition) is 2. The maximum Gasteiger partial charge on any atom is 0.253 e. The molecule has 1 aromatic carbocycles. The Bertz CT molecular complexity index is 609. The van der Waals surface area contributed by atoms with Crippen molar-refractivity contribution in [3.8, 4) is 0 Å². The smallest absolute Gasteiger partial charge is 0.253 e. The lowest BCUT2D eigenvalue weighted by molar-refractivity contribution is -0.0945. The van der Waals surface area contributed by atoms with E-state index in [1.807, 2.05) is 24.3 Å². The summed E-state index contributed by atoms with van der Waals surface area (Å²) in [5, 5.41) is 6.64. The maximum absolute atomic E-state index is 12.0. The summed E-state index contributed by atoms with van der Waals surface area (Å²) < 4.78 is 5.28. The Morgan fingerprint density at radius 3 is 2.68 bits per heavy atom. The predicted molar refractivity (Wildman–Crippen MR) is 101 cm³/mol. The number of aliphatic imine (C=N–C) groups is 1. The number of benzene rings is 1. The van der Waals surface area contributed by atoms with Crippen molar-refractivity contribution in [2.75, 3.05) is 46.9 Å². The summed E-state index contributed by atoms with van der Waals surface area (Å²) in [6, 6.07) is 7.79. The van der Waals surface area contributed by atoms with Crippen LogP contribution in [0.2, 0.25) is 0 Å². The first-order valence-corrected chi connectivity index (χ1v) is 8.84. The monoisotopic (exact) mass is 346 g/mol. The minimum absolute atomic E-state index is 0.0284. The lowest BCUT2D eigenvalue weighted by Gasteiger charge is -2.36. The van der Waals surface area contributed by atoms with Gasteiger partial charge in [0.15, 0.2) is 5.96 Å². The number of ether oxygens (including phenoxy) is 1. The molecule has 0 aliphatic carbocycles. The largest absolute Gasteiger partial charge is 0.380 e. The van der Waals surface area contributed by atoms with Crippen LogP contribution >= 0.6 is 0 Å². The normalized spacial score (nSPS) is 16.1. The maximum atomic E-state index is 12.0. The highest BCUT2D eigenvalue weighted by Crippen LogP contribution is 2.26. The molecule has 0 saturated carbocycles. The Labute approximate surface area is 150 Å². The lowest BCUT2D eigenvalue weighted by atomic mass is 9.89. The van der Waals surface area contributed by atoms with E-state index in [9.17, 15) is 4.79 Å². The molecule has 0 unspecified atom stereocenters. The quantitative estimate of drug-likeness (QED) is 0.580. The predicted octanol–water partition coefficient (Wildman–Crippen LogP) is 1.52. The van der Waals surface area contributed by atoms with Gasteiger partial charge in [-0.25, -0.2) is 0 Å². The summed E-state index contributed by atoms with van der Waals surface area (Å²) in [5.74, 6) is 0.858. The van der Waals surface area contributed by atoms with Crippen LogP contribution in [0, 0.1) is 5.41 Å². The van der Waals surface area contributed by atoms with E-state index in [1.165, 1.54) is 0 Å². The number of nitrogens with zero attached hydrogens (tertiary/aromatic N) is 2. The summed E-state index contributed by atoms with van der Waals surface area (Å²) in [4.78, 5) is 18.3. The van der Waals surface area contributed by atoms with E-state index in [0.29, 0.717) is 0 Å². The summed E-state index contributed by atoms with van der Waals surface area (Å²) in [6.07, 6.45) is 0.833. The van der Waals surface area contributed by atoms with Gasteiger partial charge in [-0.3, -0.25) is 9.79 Å². The third-order valence-corrected chi connectivity index (χ3v) is 4.15. The van der Waals surface area contributed by atoms with Gasteiger partial charge < -0.3 is 20.3 Å². The molecule has 0 spiro atoms. The molecule has 0 bridgehead atoms. The van der Waals surface area contributed by atoms with Crippen LogP contribution < -0.4 is 10.6 Å². The van der Waals surface area contributed by atoms with Gasteiger partial charge in [0.05, 0.1) is 19.8 Å². The topological polar surface area (TPSA) is 66.0 Å². The number of guanidine groups is 1. The van der Waals surface area contributed by atoms with E-state index in [1.54, 1.807) is 19.0 Å². The second kappa shape index (κ2) is 8.85. The van der Waals surface area contributed by atoms with Crippen molar-refractivity contribution in [1.29, 1.82) is 0 Å². The SMILES string of the molecule is CCNC(=NCC1(C)COC1)NCCc1cccc(C(=O)N(C)C)c1. The molecular formula is C19H30N4O2. The van der Waals surface area contributed by atoms with Gasteiger partial charge >= 0.3 is 0 Å². The molecule has 2 rings (SSSR count). The van der Waals surface area contributed by atoms with Gasteiger partial charge in [-0.2, -0.15) is 0 Å². The molecule has 1 aliphatic heterocycles. The molecule has 6 heteroatoms. The number of amides is 1. The third kappa shape index (κ3) is 5.74. The Balaban J connectivity index is 1.87. The van der Waals surface area contributed by atoms with Crippen LogP contribution in [0.1, 0.15) is 29.8 Å². The van der Waals surface area contributed by atoms with Crippen LogP contribution in [-0.2, 0) is 11.2 Å². The molecule has 1 saturated heterocycles. The molecule has 1 heterocycles. The number of carbonyl (C=O) groups is 1.